The lowest BCUT2D eigenvalue weighted by Crippen LogP contribution is -2.32. The van der Waals surface area contributed by atoms with Crippen molar-refractivity contribution in [2.75, 3.05) is 5.73 Å². The first-order valence-electron chi connectivity index (χ1n) is 6.21. The zero-order valence-corrected chi connectivity index (χ0v) is 12.3. The normalized spacial score (nSPS) is 14.6. The molecule has 0 radical (unpaired) electrons. The second kappa shape index (κ2) is 4.94. The van der Waals surface area contributed by atoms with Crippen molar-refractivity contribution >= 4 is 33.7 Å². The lowest BCUT2D eigenvalue weighted by molar-refractivity contribution is 0.0735. The van der Waals surface area contributed by atoms with Crippen molar-refractivity contribution < 1.29 is 4.79 Å². The number of nitrogens with zero attached hydrogens (tertiary/aromatic N) is 2. The maximum atomic E-state index is 12.6. The van der Waals surface area contributed by atoms with Crippen LogP contribution >= 0.6 is 22.7 Å². The summed E-state index contributed by atoms with van der Waals surface area (Å²) >= 11 is 2.98. The van der Waals surface area contributed by atoms with Gasteiger partial charge >= 0.3 is 0 Å². The van der Waals surface area contributed by atoms with Gasteiger partial charge in [-0.3, -0.25) is 4.79 Å². The molecular weight excluding hydrogens is 278 g/mol. The van der Waals surface area contributed by atoms with Gasteiger partial charge in [0.05, 0.1) is 12.2 Å². The molecule has 3 rings (SSSR count). The first-order valence-corrected chi connectivity index (χ1v) is 7.91. The van der Waals surface area contributed by atoms with Gasteiger partial charge in [0, 0.05) is 10.9 Å². The van der Waals surface area contributed by atoms with Gasteiger partial charge < -0.3 is 10.6 Å². The van der Waals surface area contributed by atoms with Crippen LogP contribution in [-0.4, -0.2) is 21.8 Å². The smallest absolute Gasteiger partial charge is 0.266 e. The Hall–Kier alpha value is -1.40. The maximum absolute atomic E-state index is 12.6. The summed E-state index contributed by atoms with van der Waals surface area (Å²) in [5, 5.41) is 2.51. The molecule has 100 valence electrons. The molecule has 0 spiro atoms. The molecular formula is C13H15N3OS2. The predicted octanol–water partition coefficient (Wildman–Crippen LogP) is 2.90. The van der Waals surface area contributed by atoms with Crippen LogP contribution in [0, 0.1) is 6.92 Å². The van der Waals surface area contributed by atoms with E-state index >= 15 is 0 Å². The number of nitrogen functional groups attached to an aromatic ring is 1. The number of nitrogens with two attached hydrogens (primary N) is 1. The molecule has 6 heteroatoms. The Bertz CT molecular complexity index is 587. The molecule has 1 fully saturated rings. The number of rotatable bonds is 4. The summed E-state index contributed by atoms with van der Waals surface area (Å²) in [7, 11) is 0. The number of carbonyl (C=O) groups excluding carboxylic acids is 1. The third-order valence-corrected chi connectivity index (χ3v) is 5.00. The lowest BCUT2D eigenvalue weighted by atomic mass is 10.3. The minimum atomic E-state index is 0.0719. The SMILES string of the molecule is Cc1nc(N)sc1C(=O)N(Cc1cccs1)C1CC1. The molecule has 1 saturated carbocycles. The van der Waals surface area contributed by atoms with E-state index in [9.17, 15) is 4.79 Å². The molecule has 0 bridgehead atoms. The fraction of sp³-hybridized carbons (Fsp3) is 0.385. The highest BCUT2D eigenvalue weighted by molar-refractivity contribution is 7.17. The Balaban J connectivity index is 1.84. The molecule has 0 aromatic carbocycles. The Labute approximate surface area is 119 Å². The third kappa shape index (κ3) is 2.64. The van der Waals surface area contributed by atoms with E-state index in [1.54, 1.807) is 11.3 Å². The molecule has 0 atom stereocenters. The van der Waals surface area contributed by atoms with Gasteiger partial charge in [-0.1, -0.05) is 17.4 Å². The number of aromatic nitrogens is 1. The van der Waals surface area contributed by atoms with Crippen LogP contribution in [0.3, 0.4) is 0 Å². The van der Waals surface area contributed by atoms with E-state index in [0.29, 0.717) is 22.6 Å². The molecule has 2 aromatic heterocycles. The molecule has 2 heterocycles. The highest BCUT2D eigenvalue weighted by Gasteiger charge is 2.34. The number of thiophene rings is 1. The third-order valence-electron chi connectivity index (χ3n) is 3.16. The lowest BCUT2D eigenvalue weighted by Gasteiger charge is -2.21. The summed E-state index contributed by atoms with van der Waals surface area (Å²) in [5.41, 5.74) is 6.42. The summed E-state index contributed by atoms with van der Waals surface area (Å²) in [6, 6.07) is 4.48. The topological polar surface area (TPSA) is 59.2 Å². The number of amides is 1. The monoisotopic (exact) mass is 293 g/mol. The van der Waals surface area contributed by atoms with Gasteiger partial charge in [0.1, 0.15) is 4.88 Å². The maximum Gasteiger partial charge on any atom is 0.266 e. The average molecular weight is 293 g/mol. The fourth-order valence-corrected chi connectivity index (χ4v) is 3.56. The molecule has 0 aliphatic heterocycles. The van der Waals surface area contributed by atoms with Crippen LogP contribution in [0.1, 0.15) is 33.1 Å². The minimum absolute atomic E-state index is 0.0719. The number of aryl methyl sites for hydroxylation is 1. The summed E-state index contributed by atoms with van der Waals surface area (Å²) in [4.78, 5) is 20.6. The number of hydrogen-bond donors (Lipinski definition) is 1. The highest BCUT2D eigenvalue weighted by atomic mass is 32.1. The zero-order valence-electron chi connectivity index (χ0n) is 10.6. The van der Waals surface area contributed by atoms with Crippen molar-refractivity contribution in [1.29, 1.82) is 0 Å². The van der Waals surface area contributed by atoms with E-state index in [4.69, 9.17) is 5.73 Å². The number of hydrogen-bond acceptors (Lipinski definition) is 5. The van der Waals surface area contributed by atoms with Crippen LogP contribution in [0.15, 0.2) is 17.5 Å². The molecule has 19 heavy (non-hydrogen) atoms. The van der Waals surface area contributed by atoms with Crippen molar-refractivity contribution in [3.05, 3.63) is 33.0 Å². The standard InChI is InChI=1S/C13H15N3OS2/c1-8-11(19-13(14)15-8)12(17)16(9-4-5-9)7-10-3-2-6-18-10/h2-3,6,9H,4-5,7H2,1H3,(H2,14,15). The Morgan fingerprint density at radius 1 is 1.58 bits per heavy atom. The van der Waals surface area contributed by atoms with E-state index in [1.807, 2.05) is 23.3 Å². The van der Waals surface area contributed by atoms with Gasteiger partial charge in [0.2, 0.25) is 0 Å². The molecule has 1 aliphatic carbocycles. The van der Waals surface area contributed by atoms with Crippen molar-refractivity contribution in [1.82, 2.24) is 9.88 Å². The summed E-state index contributed by atoms with van der Waals surface area (Å²) in [5.74, 6) is 0.0719. The van der Waals surface area contributed by atoms with Gasteiger partial charge in [0.15, 0.2) is 5.13 Å². The van der Waals surface area contributed by atoms with Crippen molar-refractivity contribution in [2.45, 2.75) is 32.4 Å². The molecule has 0 unspecified atom stereocenters. The van der Waals surface area contributed by atoms with Crippen LogP contribution < -0.4 is 5.73 Å². The van der Waals surface area contributed by atoms with E-state index in [-0.39, 0.29) is 5.91 Å². The number of thiazole rings is 1. The van der Waals surface area contributed by atoms with Crippen LogP contribution in [0.2, 0.25) is 0 Å². The first kappa shape index (κ1) is 12.6. The Morgan fingerprint density at radius 2 is 2.37 bits per heavy atom. The van der Waals surface area contributed by atoms with Crippen molar-refractivity contribution in [2.24, 2.45) is 0 Å². The molecule has 0 saturated heterocycles. The number of anilines is 1. The molecule has 4 nitrogen and oxygen atoms in total. The van der Waals surface area contributed by atoms with Crippen molar-refractivity contribution in [3.8, 4) is 0 Å². The number of carbonyl (C=O) groups is 1. The largest absolute Gasteiger partial charge is 0.375 e. The van der Waals surface area contributed by atoms with Crippen LogP contribution in [0.5, 0.6) is 0 Å². The molecule has 2 N–H and O–H groups in total. The summed E-state index contributed by atoms with van der Waals surface area (Å²) < 4.78 is 0. The highest BCUT2D eigenvalue weighted by Crippen LogP contribution is 2.32. The summed E-state index contributed by atoms with van der Waals surface area (Å²) in [6.45, 7) is 2.54. The van der Waals surface area contributed by atoms with Gasteiger partial charge in [-0.15, -0.1) is 11.3 Å². The predicted molar refractivity (Wildman–Crippen MR) is 78.5 cm³/mol. The molecule has 1 amide bonds. The molecule has 1 aliphatic rings. The quantitative estimate of drug-likeness (QED) is 0.943. The molecule has 2 aromatic rings. The summed E-state index contributed by atoms with van der Waals surface area (Å²) in [6.07, 6.45) is 2.20. The van der Waals surface area contributed by atoms with Crippen LogP contribution in [-0.2, 0) is 6.54 Å². The Morgan fingerprint density at radius 3 is 2.89 bits per heavy atom. The average Bonchev–Trinajstić information content (AvgIpc) is 2.97. The van der Waals surface area contributed by atoms with Gasteiger partial charge in [-0.05, 0) is 31.2 Å². The first-order chi connectivity index (χ1) is 9.15. The van der Waals surface area contributed by atoms with Gasteiger partial charge in [-0.25, -0.2) is 4.98 Å². The Kier molecular flexibility index (Phi) is 3.28. The van der Waals surface area contributed by atoms with Crippen molar-refractivity contribution in [3.63, 3.8) is 0 Å². The van der Waals surface area contributed by atoms with E-state index < -0.39 is 0 Å². The zero-order chi connectivity index (χ0) is 13.4. The minimum Gasteiger partial charge on any atom is -0.375 e. The fourth-order valence-electron chi connectivity index (χ4n) is 2.07. The van der Waals surface area contributed by atoms with Gasteiger partial charge in [0.25, 0.3) is 5.91 Å². The van der Waals surface area contributed by atoms with E-state index in [0.717, 1.165) is 18.5 Å². The van der Waals surface area contributed by atoms with Gasteiger partial charge in [-0.2, -0.15) is 0 Å². The second-order valence-corrected chi connectivity index (χ2v) is 6.77. The second-order valence-electron chi connectivity index (χ2n) is 4.71. The van der Waals surface area contributed by atoms with E-state index in [1.165, 1.54) is 16.2 Å². The van der Waals surface area contributed by atoms with Crippen LogP contribution in [0.25, 0.3) is 0 Å². The van der Waals surface area contributed by atoms with E-state index in [2.05, 4.69) is 11.1 Å². The van der Waals surface area contributed by atoms with Crippen LogP contribution in [0.4, 0.5) is 5.13 Å².